The van der Waals surface area contributed by atoms with Crippen molar-refractivity contribution in [1.82, 2.24) is 10.2 Å². The van der Waals surface area contributed by atoms with Crippen LogP contribution in [0.5, 0.6) is 5.75 Å². The van der Waals surface area contributed by atoms with Crippen LogP contribution in [-0.4, -0.2) is 40.9 Å². The van der Waals surface area contributed by atoms with Gasteiger partial charge in [0.15, 0.2) is 0 Å². The molecule has 158 valence electrons. The molecule has 0 aromatic heterocycles. The maximum absolute atomic E-state index is 13.1. The Morgan fingerprint density at radius 1 is 1.24 bits per heavy atom. The molecule has 1 spiro atoms. The lowest BCUT2D eigenvalue weighted by atomic mass is 9.64. The Bertz CT molecular complexity index is 803. The van der Waals surface area contributed by atoms with E-state index in [1.54, 1.807) is 24.3 Å². The zero-order valence-corrected chi connectivity index (χ0v) is 17.9. The fraction of sp³-hybridized carbons (Fsp3) is 0.591. The highest BCUT2D eigenvalue weighted by atomic mass is 16.5. The smallest absolute Gasteiger partial charge is 0.325 e. The predicted octanol–water partition coefficient (Wildman–Crippen LogP) is 3.55. The van der Waals surface area contributed by atoms with Crippen LogP contribution in [-0.2, 0) is 9.59 Å². The first-order valence-electron chi connectivity index (χ1n) is 10.2. The first kappa shape index (κ1) is 21.1. The summed E-state index contributed by atoms with van der Waals surface area (Å²) in [4.78, 5) is 39.1. The minimum atomic E-state index is -0.894. The number of carbonyl (C=O) groups is 3. The van der Waals surface area contributed by atoms with Crippen molar-refractivity contribution in [3.8, 4) is 5.75 Å². The van der Waals surface area contributed by atoms with Gasteiger partial charge in [-0.2, -0.15) is 0 Å². The van der Waals surface area contributed by atoms with Crippen LogP contribution >= 0.6 is 0 Å². The zero-order valence-electron chi connectivity index (χ0n) is 17.9. The number of ether oxygens (including phenoxy) is 1. The molecule has 0 bridgehead atoms. The summed E-state index contributed by atoms with van der Waals surface area (Å²) in [6, 6.07) is 6.51. The number of amides is 4. The average molecular weight is 402 g/mol. The van der Waals surface area contributed by atoms with Gasteiger partial charge >= 0.3 is 6.03 Å². The molecule has 0 radical (unpaired) electrons. The number of nitrogens with one attached hydrogen (secondary N) is 2. The minimum absolute atomic E-state index is 0.0430. The molecule has 1 aliphatic carbocycles. The van der Waals surface area contributed by atoms with E-state index in [0.717, 1.165) is 11.3 Å². The molecular weight excluding hydrogens is 370 g/mol. The normalized spacial score (nSPS) is 26.0. The molecule has 2 atom stereocenters. The number of urea groups is 1. The molecule has 1 aliphatic heterocycles. The van der Waals surface area contributed by atoms with Crippen LogP contribution in [0.15, 0.2) is 24.3 Å². The third kappa shape index (κ3) is 4.71. The molecule has 1 aromatic rings. The lowest BCUT2D eigenvalue weighted by Gasteiger charge is -2.43. The molecule has 7 heteroatoms. The van der Waals surface area contributed by atoms with Gasteiger partial charge in [0, 0.05) is 5.69 Å². The highest BCUT2D eigenvalue weighted by Gasteiger charge is 2.56. The van der Waals surface area contributed by atoms with Crippen molar-refractivity contribution in [2.24, 2.45) is 11.3 Å². The first-order valence-corrected chi connectivity index (χ1v) is 10.2. The maximum atomic E-state index is 13.1. The number of hydrogen-bond acceptors (Lipinski definition) is 4. The van der Waals surface area contributed by atoms with Crippen LogP contribution < -0.4 is 15.4 Å². The van der Waals surface area contributed by atoms with Gasteiger partial charge in [0.05, 0.1) is 6.10 Å². The van der Waals surface area contributed by atoms with Crippen LogP contribution in [0.4, 0.5) is 10.5 Å². The maximum Gasteiger partial charge on any atom is 0.325 e. The Hall–Kier alpha value is -2.57. The molecule has 7 nitrogen and oxygen atoms in total. The van der Waals surface area contributed by atoms with Gasteiger partial charge in [-0.05, 0) is 68.7 Å². The zero-order chi connectivity index (χ0) is 21.4. The molecule has 1 aromatic carbocycles. The molecule has 2 fully saturated rings. The summed E-state index contributed by atoms with van der Waals surface area (Å²) in [5, 5.41) is 5.63. The Morgan fingerprint density at radius 3 is 2.48 bits per heavy atom. The lowest BCUT2D eigenvalue weighted by Crippen LogP contribution is -2.54. The number of carbonyl (C=O) groups excluding carboxylic acids is 3. The van der Waals surface area contributed by atoms with Gasteiger partial charge in [0.1, 0.15) is 17.8 Å². The molecule has 29 heavy (non-hydrogen) atoms. The van der Waals surface area contributed by atoms with Crippen LogP contribution in [0.2, 0.25) is 0 Å². The molecule has 2 aliphatic rings. The van der Waals surface area contributed by atoms with Gasteiger partial charge in [-0.15, -0.1) is 0 Å². The molecule has 3 rings (SSSR count). The highest BCUT2D eigenvalue weighted by Crippen LogP contribution is 2.46. The molecule has 4 amide bonds. The monoisotopic (exact) mass is 401 g/mol. The predicted molar refractivity (Wildman–Crippen MR) is 111 cm³/mol. The molecule has 2 N–H and O–H groups in total. The molecular formula is C22H31N3O4. The quantitative estimate of drug-likeness (QED) is 0.739. The van der Waals surface area contributed by atoms with Crippen molar-refractivity contribution in [2.75, 3.05) is 11.9 Å². The van der Waals surface area contributed by atoms with Crippen LogP contribution in [0, 0.1) is 11.3 Å². The van der Waals surface area contributed by atoms with Gasteiger partial charge in [0.25, 0.3) is 5.91 Å². The van der Waals surface area contributed by atoms with Crippen molar-refractivity contribution in [3.63, 3.8) is 0 Å². The van der Waals surface area contributed by atoms with Crippen molar-refractivity contribution in [2.45, 2.75) is 65.5 Å². The van der Waals surface area contributed by atoms with Gasteiger partial charge in [0.2, 0.25) is 5.91 Å². The van der Waals surface area contributed by atoms with E-state index in [2.05, 4.69) is 31.4 Å². The topological polar surface area (TPSA) is 87.7 Å². The Morgan fingerprint density at radius 2 is 1.90 bits per heavy atom. The SMILES string of the molecule is CC1CC(C)(C)CC2(C1)NC(=O)N(CC(=O)Nc1ccc(OC(C)C)cc1)C2=O. The van der Waals surface area contributed by atoms with E-state index in [-0.39, 0.29) is 24.0 Å². The van der Waals surface area contributed by atoms with Crippen molar-refractivity contribution < 1.29 is 19.1 Å². The fourth-order valence-electron chi connectivity index (χ4n) is 4.88. The second-order valence-electron chi connectivity index (χ2n) is 9.50. The second-order valence-corrected chi connectivity index (χ2v) is 9.50. The lowest BCUT2D eigenvalue weighted by molar-refractivity contribution is -0.136. The van der Waals surface area contributed by atoms with E-state index < -0.39 is 17.5 Å². The number of hydrogen-bond donors (Lipinski definition) is 2. The summed E-state index contributed by atoms with van der Waals surface area (Å²) in [6.45, 7) is 9.91. The summed E-state index contributed by atoms with van der Waals surface area (Å²) in [7, 11) is 0. The largest absolute Gasteiger partial charge is 0.491 e. The summed E-state index contributed by atoms with van der Waals surface area (Å²) < 4.78 is 5.58. The van der Waals surface area contributed by atoms with Gasteiger partial charge in [-0.25, -0.2) is 4.79 Å². The highest BCUT2D eigenvalue weighted by molar-refractivity contribution is 6.10. The van der Waals surface area contributed by atoms with Crippen molar-refractivity contribution in [3.05, 3.63) is 24.3 Å². The van der Waals surface area contributed by atoms with Gasteiger partial charge in [-0.3, -0.25) is 14.5 Å². The average Bonchev–Trinajstić information content (AvgIpc) is 2.78. The third-order valence-corrected chi connectivity index (χ3v) is 5.44. The standard InChI is InChI=1S/C22H31N3O4/c1-14(2)29-17-8-6-16(7-9-17)23-18(26)12-25-19(27)22(24-20(25)28)11-15(3)10-21(4,5)13-22/h6-9,14-15H,10-13H2,1-5H3,(H,23,26)(H,24,28). The molecule has 1 saturated carbocycles. The van der Waals surface area contributed by atoms with E-state index in [1.807, 2.05) is 13.8 Å². The van der Waals surface area contributed by atoms with E-state index in [1.165, 1.54) is 0 Å². The van der Waals surface area contributed by atoms with Crippen LogP contribution in [0.3, 0.4) is 0 Å². The number of benzene rings is 1. The van der Waals surface area contributed by atoms with Crippen LogP contribution in [0.1, 0.15) is 53.9 Å². The number of nitrogens with zero attached hydrogens (tertiary/aromatic N) is 1. The van der Waals surface area contributed by atoms with E-state index in [0.29, 0.717) is 30.2 Å². The van der Waals surface area contributed by atoms with E-state index in [9.17, 15) is 14.4 Å². The van der Waals surface area contributed by atoms with Gasteiger partial charge in [-0.1, -0.05) is 20.8 Å². The second kappa shape index (κ2) is 7.69. The number of imide groups is 1. The Balaban J connectivity index is 1.65. The Labute approximate surface area is 172 Å². The summed E-state index contributed by atoms with van der Waals surface area (Å²) in [5.74, 6) is 0.329. The fourth-order valence-corrected chi connectivity index (χ4v) is 4.88. The number of anilines is 1. The van der Waals surface area contributed by atoms with Crippen LogP contribution in [0.25, 0.3) is 0 Å². The Kier molecular flexibility index (Phi) is 5.61. The summed E-state index contributed by atoms with van der Waals surface area (Å²) in [6.07, 6.45) is 2.27. The molecule has 1 heterocycles. The summed E-state index contributed by atoms with van der Waals surface area (Å²) in [5.41, 5.74) is -0.354. The minimum Gasteiger partial charge on any atom is -0.491 e. The third-order valence-electron chi connectivity index (χ3n) is 5.44. The number of rotatable bonds is 5. The summed E-state index contributed by atoms with van der Waals surface area (Å²) >= 11 is 0. The van der Waals surface area contributed by atoms with E-state index in [4.69, 9.17) is 4.74 Å². The first-order chi connectivity index (χ1) is 13.5. The van der Waals surface area contributed by atoms with Gasteiger partial charge < -0.3 is 15.4 Å². The van der Waals surface area contributed by atoms with E-state index >= 15 is 0 Å². The van der Waals surface area contributed by atoms with Crippen molar-refractivity contribution >= 4 is 23.5 Å². The molecule has 1 saturated heterocycles. The molecule has 2 unspecified atom stereocenters. The van der Waals surface area contributed by atoms with Crippen molar-refractivity contribution in [1.29, 1.82) is 0 Å².